The summed E-state index contributed by atoms with van der Waals surface area (Å²) in [6.45, 7) is 3.34. The Balaban J connectivity index is 1.70. The van der Waals surface area contributed by atoms with Crippen molar-refractivity contribution in [3.05, 3.63) is 30.3 Å². The van der Waals surface area contributed by atoms with Crippen molar-refractivity contribution in [2.45, 2.75) is 32.6 Å². The molecule has 19 heavy (non-hydrogen) atoms. The molecular weight excluding hydrogens is 240 g/mol. The summed E-state index contributed by atoms with van der Waals surface area (Å²) < 4.78 is 5.59. The van der Waals surface area contributed by atoms with E-state index in [1.165, 1.54) is 0 Å². The van der Waals surface area contributed by atoms with Crippen molar-refractivity contribution >= 4 is 11.6 Å². The number of amides is 1. The van der Waals surface area contributed by atoms with Crippen molar-refractivity contribution in [1.29, 1.82) is 0 Å². The molecule has 0 spiro atoms. The van der Waals surface area contributed by atoms with E-state index in [9.17, 15) is 4.79 Å². The number of hydrogen-bond donors (Lipinski definition) is 0. The number of benzene rings is 1. The monoisotopic (exact) mass is 260 g/mol. The third-order valence-electron chi connectivity index (χ3n) is 2.97. The van der Waals surface area contributed by atoms with Crippen LogP contribution in [0.2, 0.25) is 0 Å². The SMILES string of the molecule is CCCC1=NN(CCCOc2ccccc2)C(=O)C1. The molecule has 0 atom stereocenters. The van der Waals surface area contributed by atoms with Crippen LogP contribution < -0.4 is 4.74 Å². The van der Waals surface area contributed by atoms with Gasteiger partial charge in [-0.25, -0.2) is 5.01 Å². The lowest BCUT2D eigenvalue weighted by atomic mass is 10.2. The van der Waals surface area contributed by atoms with Crippen LogP contribution in [0.4, 0.5) is 0 Å². The highest BCUT2D eigenvalue weighted by Crippen LogP contribution is 2.13. The van der Waals surface area contributed by atoms with E-state index in [4.69, 9.17) is 4.74 Å². The molecule has 1 aromatic carbocycles. The average Bonchev–Trinajstić information content (AvgIpc) is 2.77. The minimum Gasteiger partial charge on any atom is -0.494 e. The number of carbonyl (C=O) groups excluding carboxylic acids is 1. The number of rotatable bonds is 7. The van der Waals surface area contributed by atoms with E-state index in [1.807, 2.05) is 30.3 Å². The van der Waals surface area contributed by atoms with Crippen LogP contribution in [0.25, 0.3) is 0 Å². The molecule has 4 nitrogen and oxygen atoms in total. The normalized spacial score (nSPS) is 14.7. The van der Waals surface area contributed by atoms with Crippen molar-refractivity contribution in [3.8, 4) is 5.75 Å². The predicted octanol–water partition coefficient (Wildman–Crippen LogP) is 2.84. The molecule has 0 saturated carbocycles. The molecule has 0 unspecified atom stereocenters. The molecule has 1 amide bonds. The van der Waals surface area contributed by atoms with E-state index in [1.54, 1.807) is 5.01 Å². The van der Waals surface area contributed by atoms with Crippen molar-refractivity contribution in [3.63, 3.8) is 0 Å². The molecule has 0 saturated heterocycles. The molecule has 0 N–H and O–H groups in total. The maximum absolute atomic E-state index is 11.7. The zero-order chi connectivity index (χ0) is 13.5. The number of hydrogen-bond acceptors (Lipinski definition) is 3. The van der Waals surface area contributed by atoms with E-state index in [0.29, 0.717) is 19.6 Å². The van der Waals surface area contributed by atoms with Crippen LogP contribution in [0.5, 0.6) is 5.75 Å². The minimum atomic E-state index is 0.114. The Kier molecular flexibility index (Phi) is 4.95. The summed E-state index contributed by atoms with van der Waals surface area (Å²) in [7, 11) is 0. The second-order valence-corrected chi connectivity index (χ2v) is 4.62. The van der Waals surface area contributed by atoms with E-state index in [2.05, 4.69) is 12.0 Å². The van der Waals surface area contributed by atoms with Gasteiger partial charge in [-0.2, -0.15) is 5.10 Å². The first-order valence-corrected chi connectivity index (χ1v) is 6.84. The fourth-order valence-electron chi connectivity index (χ4n) is 2.05. The van der Waals surface area contributed by atoms with Gasteiger partial charge in [-0.15, -0.1) is 0 Å². The summed E-state index contributed by atoms with van der Waals surface area (Å²) in [5.41, 5.74) is 1.01. The molecule has 0 aliphatic carbocycles. The van der Waals surface area contributed by atoms with Crippen LogP contribution in [0.1, 0.15) is 32.6 Å². The smallest absolute Gasteiger partial charge is 0.248 e. The highest BCUT2D eigenvalue weighted by atomic mass is 16.5. The summed E-state index contributed by atoms with van der Waals surface area (Å²) in [5, 5.41) is 5.93. The highest BCUT2D eigenvalue weighted by Gasteiger charge is 2.22. The van der Waals surface area contributed by atoms with Crippen LogP contribution in [-0.2, 0) is 4.79 Å². The summed E-state index contributed by atoms with van der Waals surface area (Å²) in [5.74, 6) is 0.980. The molecule has 4 heteroatoms. The van der Waals surface area contributed by atoms with Crippen LogP contribution in [0.15, 0.2) is 35.4 Å². The van der Waals surface area contributed by atoms with Crippen LogP contribution >= 0.6 is 0 Å². The topological polar surface area (TPSA) is 41.9 Å². The Morgan fingerprint density at radius 2 is 2.11 bits per heavy atom. The van der Waals surface area contributed by atoms with Gasteiger partial charge < -0.3 is 4.74 Å². The molecule has 1 aromatic rings. The Morgan fingerprint density at radius 1 is 1.32 bits per heavy atom. The van der Waals surface area contributed by atoms with Crippen LogP contribution in [-0.4, -0.2) is 29.8 Å². The maximum Gasteiger partial charge on any atom is 0.248 e. The van der Waals surface area contributed by atoms with Gasteiger partial charge >= 0.3 is 0 Å². The van der Waals surface area contributed by atoms with Gasteiger partial charge in [0.2, 0.25) is 5.91 Å². The lowest BCUT2D eigenvalue weighted by molar-refractivity contribution is -0.128. The van der Waals surface area contributed by atoms with E-state index < -0.39 is 0 Å². The number of ether oxygens (including phenoxy) is 1. The lowest BCUT2D eigenvalue weighted by Crippen LogP contribution is -2.23. The quantitative estimate of drug-likeness (QED) is 0.707. The Morgan fingerprint density at radius 3 is 2.84 bits per heavy atom. The van der Waals surface area contributed by atoms with E-state index >= 15 is 0 Å². The molecule has 0 aromatic heterocycles. The fraction of sp³-hybridized carbons (Fsp3) is 0.467. The number of carbonyl (C=O) groups is 1. The number of hydrazone groups is 1. The largest absolute Gasteiger partial charge is 0.494 e. The maximum atomic E-state index is 11.7. The van der Waals surface area contributed by atoms with Gasteiger partial charge in [-0.3, -0.25) is 4.79 Å². The van der Waals surface area contributed by atoms with Crippen LogP contribution in [0, 0.1) is 0 Å². The Labute approximate surface area is 114 Å². The predicted molar refractivity (Wildman–Crippen MR) is 75.2 cm³/mol. The zero-order valence-corrected chi connectivity index (χ0v) is 11.3. The lowest BCUT2D eigenvalue weighted by Gasteiger charge is -2.12. The summed E-state index contributed by atoms with van der Waals surface area (Å²) >= 11 is 0. The van der Waals surface area contributed by atoms with E-state index in [-0.39, 0.29) is 5.91 Å². The molecule has 102 valence electrons. The third kappa shape index (κ3) is 4.09. The first-order chi connectivity index (χ1) is 9.29. The molecule has 0 fully saturated rings. The van der Waals surface area contributed by atoms with Gasteiger partial charge in [-0.1, -0.05) is 31.5 Å². The Hall–Kier alpha value is -1.84. The second kappa shape index (κ2) is 6.92. The molecule has 1 aliphatic heterocycles. The van der Waals surface area contributed by atoms with Gasteiger partial charge in [0.25, 0.3) is 0 Å². The molecule has 1 aliphatic rings. The van der Waals surface area contributed by atoms with Gasteiger partial charge in [-0.05, 0) is 18.6 Å². The minimum absolute atomic E-state index is 0.114. The van der Waals surface area contributed by atoms with Crippen LogP contribution in [0.3, 0.4) is 0 Å². The first-order valence-electron chi connectivity index (χ1n) is 6.84. The standard InChI is InChI=1S/C15H20N2O2/c1-2-7-13-12-15(18)17(16-13)10-6-11-19-14-8-4-3-5-9-14/h3-5,8-9H,2,6-7,10-12H2,1H3. The number of nitrogens with zero attached hydrogens (tertiary/aromatic N) is 2. The second-order valence-electron chi connectivity index (χ2n) is 4.62. The first kappa shape index (κ1) is 13.6. The van der Waals surface area contributed by atoms with E-state index in [0.717, 1.165) is 30.7 Å². The van der Waals surface area contributed by atoms with Crippen molar-refractivity contribution in [2.75, 3.05) is 13.2 Å². The van der Waals surface area contributed by atoms with Gasteiger partial charge in [0.1, 0.15) is 5.75 Å². The highest BCUT2D eigenvalue weighted by molar-refractivity contribution is 6.04. The molecule has 0 radical (unpaired) electrons. The van der Waals surface area contributed by atoms with Crippen molar-refractivity contribution in [1.82, 2.24) is 5.01 Å². The fourth-order valence-corrected chi connectivity index (χ4v) is 2.05. The molecule has 0 bridgehead atoms. The Bertz CT molecular complexity index is 443. The molecule has 2 rings (SSSR count). The molecular formula is C15H20N2O2. The van der Waals surface area contributed by atoms with Gasteiger partial charge in [0, 0.05) is 18.7 Å². The number of para-hydroxylation sites is 1. The average molecular weight is 260 g/mol. The summed E-state index contributed by atoms with van der Waals surface area (Å²) in [4.78, 5) is 11.7. The summed E-state index contributed by atoms with van der Waals surface area (Å²) in [6.07, 6.45) is 3.25. The molecule has 1 heterocycles. The zero-order valence-electron chi connectivity index (χ0n) is 11.3. The summed E-state index contributed by atoms with van der Waals surface area (Å²) in [6, 6.07) is 9.71. The van der Waals surface area contributed by atoms with Gasteiger partial charge in [0.05, 0.1) is 13.0 Å². The van der Waals surface area contributed by atoms with Crippen molar-refractivity contribution in [2.24, 2.45) is 5.10 Å². The van der Waals surface area contributed by atoms with Gasteiger partial charge in [0.15, 0.2) is 0 Å². The van der Waals surface area contributed by atoms with Crippen molar-refractivity contribution < 1.29 is 9.53 Å². The third-order valence-corrected chi connectivity index (χ3v) is 2.97.